The number of nitrogens with zero attached hydrogens (tertiary/aromatic N) is 1. The number of amides is 1. The SMILES string of the molecule is CC1Nc2cc(-c3ccc(N4CCCS4(=O)=O)cc3)cc(OC(C)C3CNC(=O)C3)c2S1. The summed E-state index contributed by atoms with van der Waals surface area (Å²) >= 11 is 1.73. The van der Waals surface area contributed by atoms with Crippen LogP contribution in [-0.2, 0) is 14.8 Å². The van der Waals surface area contributed by atoms with E-state index in [4.69, 9.17) is 4.74 Å². The van der Waals surface area contributed by atoms with Gasteiger partial charge in [0.05, 0.1) is 27.4 Å². The molecule has 1 amide bonds. The highest BCUT2D eigenvalue weighted by Gasteiger charge is 2.31. The molecule has 0 saturated carbocycles. The number of sulfonamides is 1. The minimum atomic E-state index is -3.19. The van der Waals surface area contributed by atoms with Gasteiger partial charge >= 0.3 is 0 Å². The predicted octanol–water partition coefficient (Wildman–Crippen LogP) is 3.66. The fourth-order valence-corrected chi connectivity index (χ4v) is 7.09. The molecule has 3 aliphatic heterocycles. The number of hydrogen-bond acceptors (Lipinski definition) is 6. The summed E-state index contributed by atoms with van der Waals surface area (Å²) in [5, 5.41) is 6.62. The van der Waals surface area contributed by atoms with E-state index < -0.39 is 10.0 Å². The quantitative estimate of drug-likeness (QED) is 0.689. The van der Waals surface area contributed by atoms with Crippen molar-refractivity contribution in [1.29, 1.82) is 0 Å². The van der Waals surface area contributed by atoms with Gasteiger partial charge in [0.15, 0.2) is 0 Å². The van der Waals surface area contributed by atoms with Crippen molar-refractivity contribution in [3.05, 3.63) is 36.4 Å². The van der Waals surface area contributed by atoms with Crippen LogP contribution in [0, 0.1) is 5.92 Å². The highest BCUT2D eigenvalue weighted by molar-refractivity contribution is 8.00. The number of thioether (sulfide) groups is 1. The van der Waals surface area contributed by atoms with Crippen LogP contribution in [0.4, 0.5) is 11.4 Å². The normalized spacial score (nSPS) is 24.7. The van der Waals surface area contributed by atoms with Crippen molar-refractivity contribution in [2.24, 2.45) is 5.92 Å². The fourth-order valence-electron chi connectivity index (χ4n) is 4.52. The topological polar surface area (TPSA) is 87.7 Å². The van der Waals surface area contributed by atoms with Crippen LogP contribution in [0.5, 0.6) is 5.75 Å². The molecule has 2 fully saturated rings. The van der Waals surface area contributed by atoms with Gasteiger partial charge in [-0.3, -0.25) is 9.10 Å². The third-order valence-electron chi connectivity index (χ3n) is 6.28. The van der Waals surface area contributed by atoms with Crippen LogP contribution in [0.3, 0.4) is 0 Å². The number of fused-ring (bicyclic) bond motifs is 1. The molecular weight excluding hydrogens is 446 g/mol. The number of hydrogen-bond donors (Lipinski definition) is 2. The molecule has 170 valence electrons. The Morgan fingerprint density at radius 1 is 1.19 bits per heavy atom. The number of carbonyl (C=O) groups excluding carboxylic acids is 1. The lowest BCUT2D eigenvalue weighted by Crippen LogP contribution is -2.25. The smallest absolute Gasteiger partial charge is 0.235 e. The second-order valence-electron chi connectivity index (χ2n) is 8.64. The first kappa shape index (κ1) is 21.5. The van der Waals surface area contributed by atoms with Crippen molar-refractivity contribution in [3.8, 4) is 16.9 Å². The Kier molecular flexibility index (Phi) is 5.49. The largest absolute Gasteiger partial charge is 0.489 e. The van der Waals surface area contributed by atoms with Gasteiger partial charge in [0.2, 0.25) is 15.9 Å². The van der Waals surface area contributed by atoms with Gasteiger partial charge in [-0.05, 0) is 55.7 Å². The maximum absolute atomic E-state index is 12.2. The van der Waals surface area contributed by atoms with E-state index >= 15 is 0 Å². The standard InChI is InChI=1S/C23H27N3O4S2/c1-14(18-12-22(27)24-13-18)30-21-11-17(10-20-23(21)31-15(2)25-20)16-4-6-19(7-5-16)26-8-3-9-32(26,28)29/h4-7,10-11,14-15,18,25H,3,8-9,12-13H2,1-2H3,(H,24,27). The molecule has 5 rings (SSSR count). The van der Waals surface area contributed by atoms with E-state index in [-0.39, 0.29) is 29.1 Å². The maximum Gasteiger partial charge on any atom is 0.235 e. The van der Waals surface area contributed by atoms with Gasteiger partial charge < -0.3 is 15.4 Å². The molecule has 0 bridgehead atoms. The van der Waals surface area contributed by atoms with Crippen LogP contribution in [-0.4, -0.2) is 44.6 Å². The van der Waals surface area contributed by atoms with E-state index in [1.165, 1.54) is 4.31 Å². The number of nitrogens with one attached hydrogen (secondary N) is 2. The molecule has 9 heteroatoms. The molecule has 2 N–H and O–H groups in total. The number of benzene rings is 2. The zero-order valence-corrected chi connectivity index (χ0v) is 19.8. The molecule has 2 aromatic carbocycles. The summed E-state index contributed by atoms with van der Waals surface area (Å²) in [5.41, 5.74) is 3.74. The summed E-state index contributed by atoms with van der Waals surface area (Å²) in [6.07, 6.45) is 1.07. The Labute approximate surface area is 193 Å². The van der Waals surface area contributed by atoms with E-state index in [1.807, 2.05) is 37.3 Å². The van der Waals surface area contributed by atoms with Crippen molar-refractivity contribution in [1.82, 2.24) is 5.32 Å². The molecular formula is C23H27N3O4S2. The molecule has 3 aliphatic rings. The Hall–Kier alpha value is -2.39. The highest BCUT2D eigenvalue weighted by atomic mass is 32.2. The van der Waals surface area contributed by atoms with Crippen LogP contribution >= 0.6 is 11.8 Å². The van der Waals surface area contributed by atoms with E-state index in [2.05, 4.69) is 23.6 Å². The predicted molar refractivity (Wildman–Crippen MR) is 128 cm³/mol. The first-order chi connectivity index (χ1) is 15.3. The Morgan fingerprint density at radius 3 is 2.62 bits per heavy atom. The van der Waals surface area contributed by atoms with Gasteiger partial charge in [-0.1, -0.05) is 23.9 Å². The Balaban J connectivity index is 1.44. The minimum Gasteiger partial charge on any atom is -0.489 e. The summed E-state index contributed by atoms with van der Waals surface area (Å²) < 4.78 is 32.3. The van der Waals surface area contributed by atoms with Gasteiger partial charge in [0, 0.05) is 25.4 Å². The molecule has 2 saturated heterocycles. The molecule has 0 aromatic heterocycles. The third kappa shape index (κ3) is 4.03. The third-order valence-corrected chi connectivity index (χ3v) is 9.28. The second-order valence-corrected chi connectivity index (χ2v) is 12.0. The number of anilines is 2. The zero-order valence-electron chi connectivity index (χ0n) is 18.1. The van der Waals surface area contributed by atoms with Gasteiger partial charge in [-0.15, -0.1) is 0 Å². The second kappa shape index (κ2) is 8.19. The van der Waals surface area contributed by atoms with E-state index in [0.717, 1.165) is 27.5 Å². The monoisotopic (exact) mass is 473 g/mol. The zero-order chi connectivity index (χ0) is 22.5. The molecule has 0 aliphatic carbocycles. The lowest BCUT2D eigenvalue weighted by atomic mass is 10.0. The average Bonchev–Trinajstić information content (AvgIpc) is 3.45. The van der Waals surface area contributed by atoms with Crippen molar-refractivity contribution in [2.45, 2.75) is 43.1 Å². The van der Waals surface area contributed by atoms with Crippen LogP contribution in [0.1, 0.15) is 26.7 Å². The van der Waals surface area contributed by atoms with E-state index in [9.17, 15) is 13.2 Å². The van der Waals surface area contributed by atoms with Gasteiger partial charge in [-0.2, -0.15) is 0 Å². The van der Waals surface area contributed by atoms with Crippen molar-refractivity contribution in [2.75, 3.05) is 28.5 Å². The average molecular weight is 474 g/mol. The maximum atomic E-state index is 12.2. The summed E-state index contributed by atoms with van der Waals surface area (Å²) in [6, 6.07) is 11.8. The molecule has 32 heavy (non-hydrogen) atoms. The number of carbonyl (C=O) groups is 1. The summed E-state index contributed by atoms with van der Waals surface area (Å²) in [4.78, 5) is 12.7. The lowest BCUT2D eigenvalue weighted by molar-refractivity contribution is -0.119. The molecule has 2 aromatic rings. The molecule has 0 spiro atoms. The summed E-state index contributed by atoms with van der Waals surface area (Å²) in [6.45, 7) is 5.31. The first-order valence-corrected chi connectivity index (χ1v) is 13.4. The number of rotatable bonds is 5. The van der Waals surface area contributed by atoms with Gasteiger partial charge in [0.1, 0.15) is 11.9 Å². The van der Waals surface area contributed by atoms with Crippen LogP contribution in [0.2, 0.25) is 0 Å². The Bertz CT molecular complexity index is 1150. The van der Waals surface area contributed by atoms with Gasteiger partial charge in [-0.25, -0.2) is 8.42 Å². The fraction of sp³-hybridized carbons (Fsp3) is 0.435. The molecule has 3 atom stereocenters. The van der Waals surface area contributed by atoms with Crippen LogP contribution in [0.25, 0.3) is 11.1 Å². The van der Waals surface area contributed by atoms with Crippen molar-refractivity contribution >= 4 is 39.1 Å². The molecule has 7 nitrogen and oxygen atoms in total. The van der Waals surface area contributed by atoms with Crippen LogP contribution in [0.15, 0.2) is 41.3 Å². The number of ether oxygens (including phenoxy) is 1. The van der Waals surface area contributed by atoms with Crippen molar-refractivity contribution in [3.63, 3.8) is 0 Å². The summed E-state index contributed by atoms with van der Waals surface area (Å²) in [5.74, 6) is 1.26. The molecule has 3 heterocycles. The van der Waals surface area contributed by atoms with E-state index in [0.29, 0.717) is 31.6 Å². The Morgan fingerprint density at radius 2 is 1.97 bits per heavy atom. The van der Waals surface area contributed by atoms with E-state index in [1.54, 1.807) is 11.8 Å². The lowest BCUT2D eigenvalue weighted by Gasteiger charge is -2.22. The van der Waals surface area contributed by atoms with Crippen molar-refractivity contribution < 1.29 is 17.9 Å². The molecule has 3 unspecified atom stereocenters. The highest BCUT2D eigenvalue weighted by Crippen LogP contribution is 2.47. The summed E-state index contributed by atoms with van der Waals surface area (Å²) in [7, 11) is -3.19. The van der Waals surface area contributed by atoms with Gasteiger partial charge in [0.25, 0.3) is 0 Å². The molecule has 0 radical (unpaired) electrons. The van der Waals surface area contributed by atoms with Crippen LogP contribution < -0.4 is 19.7 Å². The first-order valence-electron chi connectivity index (χ1n) is 11.0. The minimum absolute atomic E-state index is 0.0780.